The van der Waals surface area contributed by atoms with Gasteiger partial charge in [0.15, 0.2) is 0 Å². The number of likely N-dealkylation sites (N-methyl/N-ethyl adjacent to an activating group) is 1. The van der Waals surface area contributed by atoms with Crippen LogP contribution in [0.25, 0.3) is 11.1 Å². The van der Waals surface area contributed by atoms with E-state index in [0.29, 0.717) is 11.1 Å². The predicted molar refractivity (Wildman–Crippen MR) is 130 cm³/mol. The molecule has 188 valence electrons. The van der Waals surface area contributed by atoms with Crippen LogP contribution in [0.3, 0.4) is 0 Å². The second-order valence-electron chi connectivity index (χ2n) is 8.96. The first kappa shape index (κ1) is 25.2. The molecule has 0 aliphatic carbocycles. The van der Waals surface area contributed by atoms with Gasteiger partial charge in [0.2, 0.25) is 5.88 Å². The number of carbonyl (C=O) groups excluding carboxylic acids is 2. The Hall–Kier alpha value is -3.92. The maximum absolute atomic E-state index is 14.4. The monoisotopic (exact) mass is 493 g/mol. The van der Waals surface area contributed by atoms with Gasteiger partial charge < -0.3 is 19.6 Å². The number of fused-ring (bicyclic) bond motifs is 1. The summed E-state index contributed by atoms with van der Waals surface area (Å²) in [4.78, 5) is 41.8. The average molecular weight is 494 g/mol. The topological polar surface area (TPSA) is 109 Å². The highest BCUT2D eigenvalue weighted by Crippen LogP contribution is 2.31. The van der Waals surface area contributed by atoms with Crippen LogP contribution >= 0.6 is 0 Å². The summed E-state index contributed by atoms with van der Waals surface area (Å²) in [6.07, 6.45) is 5.27. The fourth-order valence-electron chi connectivity index (χ4n) is 4.12. The molecule has 2 amide bonds. The third-order valence-corrected chi connectivity index (χ3v) is 6.29. The summed E-state index contributed by atoms with van der Waals surface area (Å²) in [5.41, 5.74) is 1.11. The van der Waals surface area contributed by atoms with Gasteiger partial charge >= 0.3 is 0 Å². The van der Waals surface area contributed by atoms with Crippen LogP contribution in [0.1, 0.15) is 34.7 Å². The fourth-order valence-corrected chi connectivity index (χ4v) is 4.12. The number of pyridine rings is 1. The van der Waals surface area contributed by atoms with Crippen LogP contribution < -0.4 is 4.74 Å². The van der Waals surface area contributed by atoms with Gasteiger partial charge in [-0.3, -0.25) is 14.6 Å². The highest BCUT2D eigenvalue weighted by Gasteiger charge is 2.35. The third-order valence-electron chi connectivity index (χ3n) is 6.29. The van der Waals surface area contributed by atoms with Gasteiger partial charge in [-0.1, -0.05) is 25.1 Å². The summed E-state index contributed by atoms with van der Waals surface area (Å²) in [6.45, 7) is 3.91. The molecule has 0 spiro atoms. The highest BCUT2D eigenvalue weighted by atomic mass is 19.1. The lowest BCUT2D eigenvalue weighted by atomic mass is 9.99. The van der Waals surface area contributed by atoms with Crippen LogP contribution in [0.5, 0.6) is 5.88 Å². The SMILES string of the molecule is C[C@@H]1CN([C@H](C)CO)C(=O)c2cc(-c3ccccc3F)cnc2O[C@@H]1CN(C)C(=O)c1cnccn1. The van der Waals surface area contributed by atoms with Gasteiger partial charge in [0, 0.05) is 49.2 Å². The molecular weight excluding hydrogens is 465 g/mol. The Labute approximate surface area is 208 Å². The first-order valence-electron chi connectivity index (χ1n) is 11.6. The quantitative estimate of drug-likeness (QED) is 0.562. The number of hydrogen-bond acceptors (Lipinski definition) is 7. The number of aliphatic hydroxyl groups is 1. The van der Waals surface area contributed by atoms with E-state index in [0.717, 1.165) is 0 Å². The number of benzene rings is 1. The van der Waals surface area contributed by atoms with Crippen molar-refractivity contribution in [2.45, 2.75) is 26.0 Å². The van der Waals surface area contributed by atoms with Crippen molar-refractivity contribution in [2.75, 3.05) is 26.7 Å². The van der Waals surface area contributed by atoms with E-state index in [-0.39, 0.29) is 54.6 Å². The molecule has 3 atom stereocenters. The molecule has 1 N–H and O–H groups in total. The van der Waals surface area contributed by atoms with E-state index in [1.165, 1.54) is 35.8 Å². The Morgan fingerprint density at radius 3 is 2.72 bits per heavy atom. The van der Waals surface area contributed by atoms with Crippen molar-refractivity contribution in [2.24, 2.45) is 5.92 Å². The predicted octanol–water partition coefficient (Wildman–Crippen LogP) is 2.67. The number of aliphatic hydroxyl groups excluding tert-OH is 1. The van der Waals surface area contributed by atoms with Gasteiger partial charge in [0.1, 0.15) is 23.2 Å². The zero-order valence-electron chi connectivity index (χ0n) is 20.3. The number of hydrogen-bond donors (Lipinski definition) is 1. The maximum atomic E-state index is 14.4. The normalized spacial score (nSPS) is 18.5. The standard InChI is InChI=1S/C26H28FN5O4/c1-16-13-32(17(2)15-33)25(34)20-10-18(19-6-4-5-7-21(19)27)11-30-24(20)36-23(16)14-31(3)26(35)22-12-28-8-9-29-22/h4-12,16-17,23,33H,13-15H2,1-3H3/t16-,17-,23-/m1/s1. The Morgan fingerprint density at radius 1 is 1.25 bits per heavy atom. The minimum Gasteiger partial charge on any atom is -0.472 e. The number of aromatic nitrogens is 3. The van der Waals surface area contributed by atoms with Crippen LogP contribution in [0.15, 0.2) is 55.1 Å². The van der Waals surface area contributed by atoms with E-state index in [2.05, 4.69) is 15.0 Å². The van der Waals surface area contributed by atoms with E-state index in [9.17, 15) is 19.1 Å². The molecule has 3 aromatic rings. The lowest BCUT2D eigenvalue weighted by Gasteiger charge is -2.37. The van der Waals surface area contributed by atoms with E-state index in [1.807, 2.05) is 6.92 Å². The number of rotatable bonds is 6. The summed E-state index contributed by atoms with van der Waals surface area (Å²) in [7, 11) is 1.64. The molecule has 2 aromatic heterocycles. The Bertz CT molecular complexity index is 1240. The lowest BCUT2D eigenvalue weighted by molar-refractivity contribution is 0.0312. The van der Waals surface area contributed by atoms with E-state index in [1.54, 1.807) is 43.1 Å². The summed E-state index contributed by atoms with van der Waals surface area (Å²) in [5, 5.41) is 9.82. The van der Waals surface area contributed by atoms with Gasteiger partial charge in [-0.05, 0) is 19.1 Å². The number of carbonyl (C=O) groups is 2. The van der Waals surface area contributed by atoms with Gasteiger partial charge in [-0.2, -0.15) is 0 Å². The van der Waals surface area contributed by atoms with E-state index >= 15 is 0 Å². The summed E-state index contributed by atoms with van der Waals surface area (Å²) in [5.74, 6) is -1.24. The largest absolute Gasteiger partial charge is 0.472 e. The number of nitrogens with zero attached hydrogens (tertiary/aromatic N) is 5. The zero-order valence-corrected chi connectivity index (χ0v) is 20.3. The molecule has 1 aromatic carbocycles. The Balaban J connectivity index is 1.70. The van der Waals surface area contributed by atoms with Crippen LogP contribution in [0.2, 0.25) is 0 Å². The molecule has 1 aliphatic rings. The summed E-state index contributed by atoms with van der Waals surface area (Å²) >= 11 is 0. The lowest BCUT2D eigenvalue weighted by Crippen LogP contribution is -2.50. The van der Waals surface area contributed by atoms with Crippen LogP contribution in [-0.2, 0) is 0 Å². The molecule has 9 nitrogen and oxygen atoms in total. The zero-order chi connectivity index (χ0) is 25.8. The van der Waals surface area contributed by atoms with Crippen molar-refractivity contribution in [1.29, 1.82) is 0 Å². The number of amides is 2. The van der Waals surface area contributed by atoms with E-state index < -0.39 is 18.0 Å². The van der Waals surface area contributed by atoms with Gasteiger partial charge in [0.05, 0.1) is 25.4 Å². The first-order valence-corrected chi connectivity index (χ1v) is 11.6. The molecule has 10 heteroatoms. The van der Waals surface area contributed by atoms with Crippen molar-refractivity contribution < 1.29 is 23.8 Å². The Kier molecular flexibility index (Phi) is 7.54. The van der Waals surface area contributed by atoms with Crippen molar-refractivity contribution in [1.82, 2.24) is 24.8 Å². The molecule has 3 heterocycles. The third kappa shape index (κ3) is 5.18. The molecule has 36 heavy (non-hydrogen) atoms. The van der Waals surface area contributed by atoms with Crippen molar-refractivity contribution in [3.8, 4) is 17.0 Å². The molecule has 0 saturated heterocycles. The van der Waals surface area contributed by atoms with Crippen molar-refractivity contribution >= 4 is 11.8 Å². The van der Waals surface area contributed by atoms with Crippen molar-refractivity contribution in [3.63, 3.8) is 0 Å². The molecule has 0 bridgehead atoms. The van der Waals surface area contributed by atoms with E-state index in [4.69, 9.17) is 4.74 Å². The smallest absolute Gasteiger partial charge is 0.273 e. The first-order chi connectivity index (χ1) is 17.3. The summed E-state index contributed by atoms with van der Waals surface area (Å²) < 4.78 is 20.7. The van der Waals surface area contributed by atoms with Crippen molar-refractivity contribution in [3.05, 3.63) is 72.2 Å². The second kappa shape index (κ2) is 10.8. The number of ether oxygens (including phenoxy) is 1. The fraction of sp³-hybridized carbons (Fsp3) is 0.346. The average Bonchev–Trinajstić information content (AvgIpc) is 2.90. The molecule has 0 unspecified atom stereocenters. The van der Waals surface area contributed by atoms with Gasteiger partial charge in [-0.15, -0.1) is 0 Å². The van der Waals surface area contributed by atoms with Gasteiger partial charge in [0.25, 0.3) is 11.8 Å². The van der Waals surface area contributed by atoms with Crippen LogP contribution in [0, 0.1) is 11.7 Å². The Morgan fingerprint density at radius 2 is 2.03 bits per heavy atom. The molecule has 0 saturated carbocycles. The maximum Gasteiger partial charge on any atom is 0.273 e. The number of halogens is 1. The minimum atomic E-state index is -0.525. The second-order valence-corrected chi connectivity index (χ2v) is 8.96. The minimum absolute atomic E-state index is 0.0899. The highest BCUT2D eigenvalue weighted by molar-refractivity contribution is 5.98. The molecule has 0 fully saturated rings. The summed E-state index contributed by atoms with van der Waals surface area (Å²) in [6, 6.07) is 7.33. The molecular formula is C26H28FN5O4. The van der Waals surface area contributed by atoms with Crippen LogP contribution in [0.4, 0.5) is 4.39 Å². The molecule has 1 aliphatic heterocycles. The molecule has 0 radical (unpaired) electrons. The molecule has 4 rings (SSSR count). The van der Waals surface area contributed by atoms with Crippen LogP contribution in [-0.4, -0.2) is 80.6 Å². The van der Waals surface area contributed by atoms with Gasteiger partial charge in [-0.25, -0.2) is 14.4 Å².